The predicted molar refractivity (Wildman–Crippen MR) is 93.3 cm³/mol. The molecule has 126 valence electrons. The van der Waals surface area contributed by atoms with E-state index in [4.69, 9.17) is 4.74 Å². The van der Waals surface area contributed by atoms with Gasteiger partial charge in [-0.2, -0.15) is 0 Å². The van der Waals surface area contributed by atoms with Crippen LogP contribution in [0.15, 0.2) is 60.7 Å². The van der Waals surface area contributed by atoms with Crippen LogP contribution in [0.25, 0.3) is 0 Å². The molecular weight excluding hydrogens is 302 g/mol. The van der Waals surface area contributed by atoms with Gasteiger partial charge in [0.1, 0.15) is 0 Å². The van der Waals surface area contributed by atoms with E-state index in [0.717, 1.165) is 11.1 Å². The van der Waals surface area contributed by atoms with Crippen LogP contribution >= 0.6 is 0 Å². The van der Waals surface area contributed by atoms with Crippen LogP contribution in [0.1, 0.15) is 31.4 Å². The van der Waals surface area contributed by atoms with Crippen LogP contribution in [0.4, 0.5) is 0 Å². The number of carbonyl (C=O) groups excluding carboxylic acids is 2. The highest BCUT2D eigenvalue weighted by Crippen LogP contribution is 2.47. The first-order chi connectivity index (χ1) is 11.7. The number of hydrogen-bond donors (Lipinski definition) is 1. The van der Waals surface area contributed by atoms with Gasteiger partial charge in [0.2, 0.25) is 5.91 Å². The van der Waals surface area contributed by atoms with Crippen molar-refractivity contribution in [3.8, 4) is 0 Å². The molecule has 1 saturated heterocycles. The molecule has 1 unspecified atom stereocenters. The summed E-state index contributed by atoms with van der Waals surface area (Å²) < 4.78 is 5.76. The highest BCUT2D eigenvalue weighted by atomic mass is 16.6. The zero-order valence-electron chi connectivity index (χ0n) is 14.3. The van der Waals surface area contributed by atoms with Gasteiger partial charge in [0, 0.05) is 18.2 Å². The minimum Gasteiger partial charge on any atom is -0.448 e. The van der Waals surface area contributed by atoms with E-state index in [2.05, 4.69) is 5.32 Å². The van der Waals surface area contributed by atoms with Gasteiger partial charge in [-0.3, -0.25) is 9.59 Å². The van der Waals surface area contributed by atoms with Gasteiger partial charge in [-0.15, -0.1) is 0 Å². The molecule has 4 heteroatoms. The van der Waals surface area contributed by atoms with Crippen molar-refractivity contribution in [3.63, 3.8) is 0 Å². The van der Waals surface area contributed by atoms with Gasteiger partial charge in [-0.25, -0.2) is 0 Å². The van der Waals surface area contributed by atoms with Gasteiger partial charge < -0.3 is 10.1 Å². The molecule has 0 bridgehead atoms. The van der Waals surface area contributed by atoms with Crippen LogP contribution < -0.4 is 5.32 Å². The molecule has 0 radical (unpaired) electrons. The Morgan fingerprint density at radius 2 is 1.46 bits per heavy atom. The summed E-state index contributed by atoms with van der Waals surface area (Å²) in [5.41, 5.74) is 0.543. The fraction of sp³-hybridized carbons (Fsp3) is 0.300. The molecule has 0 saturated carbocycles. The maximum absolute atomic E-state index is 12.4. The number of esters is 1. The van der Waals surface area contributed by atoms with Gasteiger partial charge >= 0.3 is 5.97 Å². The first kappa shape index (κ1) is 17.7. The summed E-state index contributed by atoms with van der Waals surface area (Å²) >= 11 is 0. The summed E-state index contributed by atoms with van der Waals surface area (Å²) in [4.78, 5) is 24.4. The number of rotatable bonds is 3. The second-order valence-electron chi connectivity index (χ2n) is 5.31. The molecule has 1 N–H and O–H groups in total. The van der Waals surface area contributed by atoms with Crippen LogP contribution in [-0.2, 0) is 19.9 Å². The first-order valence-electron chi connectivity index (χ1n) is 8.23. The summed E-state index contributed by atoms with van der Waals surface area (Å²) in [6.45, 7) is 4.00. The monoisotopic (exact) mass is 325 g/mol. The fourth-order valence-electron chi connectivity index (χ4n) is 3.11. The van der Waals surface area contributed by atoms with Crippen molar-refractivity contribution in [2.45, 2.75) is 25.9 Å². The van der Waals surface area contributed by atoms with E-state index in [0.29, 0.717) is 0 Å². The maximum Gasteiger partial charge on any atom is 0.308 e. The SMILES string of the molecule is CC.CNC(=O)C1CC(=O)OC1(c1ccccc1)c1ccccc1. The molecule has 0 aliphatic carbocycles. The topological polar surface area (TPSA) is 55.4 Å². The molecule has 1 aliphatic heterocycles. The lowest BCUT2D eigenvalue weighted by Gasteiger charge is -2.33. The number of cyclic esters (lactones) is 1. The molecule has 1 atom stereocenters. The van der Waals surface area contributed by atoms with Crippen molar-refractivity contribution in [2.24, 2.45) is 5.92 Å². The zero-order chi connectivity index (χ0) is 17.6. The highest BCUT2D eigenvalue weighted by Gasteiger charge is 2.54. The van der Waals surface area contributed by atoms with Crippen LogP contribution in [0.3, 0.4) is 0 Å². The Hall–Kier alpha value is -2.62. The van der Waals surface area contributed by atoms with E-state index in [1.807, 2.05) is 74.5 Å². The second-order valence-corrected chi connectivity index (χ2v) is 5.31. The van der Waals surface area contributed by atoms with Crippen LogP contribution in [0.2, 0.25) is 0 Å². The Labute approximate surface area is 142 Å². The first-order valence-corrected chi connectivity index (χ1v) is 8.23. The third-order valence-electron chi connectivity index (χ3n) is 4.10. The Morgan fingerprint density at radius 1 is 1.00 bits per heavy atom. The number of hydrogen-bond acceptors (Lipinski definition) is 3. The van der Waals surface area contributed by atoms with Crippen molar-refractivity contribution in [1.29, 1.82) is 0 Å². The van der Waals surface area contributed by atoms with E-state index in [1.54, 1.807) is 7.05 Å². The van der Waals surface area contributed by atoms with Crippen molar-refractivity contribution in [2.75, 3.05) is 7.05 Å². The quantitative estimate of drug-likeness (QED) is 0.881. The lowest BCUT2D eigenvalue weighted by Crippen LogP contribution is -2.42. The smallest absolute Gasteiger partial charge is 0.308 e. The minimum atomic E-state index is -1.07. The lowest BCUT2D eigenvalue weighted by molar-refractivity contribution is -0.147. The molecule has 24 heavy (non-hydrogen) atoms. The van der Waals surface area contributed by atoms with E-state index >= 15 is 0 Å². The average molecular weight is 325 g/mol. The fourth-order valence-corrected chi connectivity index (χ4v) is 3.11. The summed E-state index contributed by atoms with van der Waals surface area (Å²) in [6.07, 6.45) is 0.0729. The summed E-state index contributed by atoms with van der Waals surface area (Å²) in [6, 6.07) is 18.9. The predicted octanol–water partition coefficient (Wildman–Crippen LogP) is 3.27. The summed E-state index contributed by atoms with van der Waals surface area (Å²) in [7, 11) is 1.58. The van der Waals surface area contributed by atoms with Crippen molar-refractivity contribution in [1.82, 2.24) is 5.32 Å². The van der Waals surface area contributed by atoms with Crippen LogP contribution in [0.5, 0.6) is 0 Å². The number of nitrogens with one attached hydrogen (secondary N) is 1. The third kappa shape index (κ3) is 3.04. The van der Waals surface area contributed by atoms with Gasteiger partial charge in [-0.05, 0) is 0 Å². The van der Waals surface area contributed by atoms with Gasteiger partial charge in [-0.1, -0.05) is 74.5 Å². The third-order valence-corrected chi connectivity index (χ3v) is 4.10. The van der Waals surface area contributed by atoms with E-state index in [9.17, 15) is 9.59 Å². The average Bonchev–Trinajstić information content (AvgIpc) is 3.02. The normalized spacial score (nSPS) is 18.1. The molecule has 3 rings (SSSR count). The number of amides is 1. The largest absolute Gasteiger partial charge is 0.448 e. The van der Waals surface area contributed by atoms with Gasteiger partial charge in [0.05, 0.1) is 12.3 Å². The molecule has 2 aromatic rings. The standard InChI is InChI=1S/C18H17NO3.C2H6/c1-19-17(21)15-12-16(20)22-18(15,13-8-4-2-5-9-13)14-10-6-3-7-11-14;1-2/h2-11,15H,12H2,1H3,(H,19,21);1-2H3. The van der Waals surface area contributed by atoms with E-state index in [1.165, 1.54) is 0 Å². The maximum atomic E-state index is 12.4. The number of ether oxygens (including phenoxy) is 1. The minimum absolute atomic E-state index is 0.0729. The molecule has 1 heterocycles. The van der Waals surface area contributed by atoms with Gasteiger partial charge in [0.15, 0.2) is 5.60 Å². The van der Waals surface area contributed by atoms with Crippen molar-refractivity contribution >= 4 is 11.9 Å². The van der Waals surface area contributed by atoms with Gasteiger partial charge in [0.25, 0.3) is 0 Å². The Morgan fingerprint density at radius 3 is 1.88 bits per heavy atom. The summed E-state index contributed by atoms with van der Waals surface area (Å²) in [5, 5.41) is 2.65. The molecular formula is C20H23NO3. The second kappa shape index (κ2) is 7.77. The molecule has 1 amide bonds. The number of benzene rings is 2. The van der Waals surface area contributed by atoms with E-state index < -0.39 is 11.5 Å². The van der Waals surface area contributed by atoms with Crippen molar-refractivity contribution in [3.05, 3.63) is 71.8 Å². The zero-order valence-corrected chi connectivity index (χ0v) is 14.3. The molecule has 1 aliphatic rings. The molecule has 2 aromatic carbocycles. The molecule has 0 aromatic heterocycles. The number of carbonyl (C=O) groups is 2. The highest BCUT2D eigenvalue weighted by molar-refractivity contribution is 5.89. The Bertz CT molecular complexity index is 643. The van der Waals surface area contributed by atoms with E-state index in [-0.39, 0.29) is 18.3 Å². The molecule has 1 fully saturated rings. The van der Waals surface area contributed by atoms with Crippen LogP contribution in [0, 0.1) is 5.92 Å². The molecule has 0 spiro atoms. The van der Waals surface area contributed by atoms with Crippen LogP contribution in [-0.4, -0.2) is 18.9 Å². The Balaban J connectivity index is 0.00000100. The summed E-state index contributed by atoms with van der Waals surface area (Å²) in [5.74, 6) is -1.14. The molecule has 4 nitrogen and oxygen atoms in total. The van der Waals surface area contributed by atoms with Crippen molar-refractivity contribution < 1.29 is 14.3 Å². The lowest BCUT2D eigenvalue weighted by atomic mass is 9.76. The Kier molecular flexibility index (Phi) is 5.74.